The quantitative estimate of drug-likeness (QED) is 0.260. The van der Waals surface area contributed by atoms with Gasteiger partial charge >= 0.3 is 0 Å². The van der Waals surface area contributed by atoms with Crippen molar-refractivity contribution in [3.8, 4) is 0 Å². The summed E-state index contributed by atoms with van der Waals surface area (Å²) in [7, 11) is -3.23. The minimum absolute atomic E-state index is 0. The molecule has 1 aromatic heterocycles. The number of aromatic nitrogens is 1. The molecule has 7 nitrogen and oxygen atoms in total. The number of H-pyrrole nitrogens is 1. The number of nitrogens with zero attached hydrogens (tertiary/aromatic N) is 2. The molecule has 0 aliphatic carbocycles. The fraction of sp³-hybridized carbons (Fsp3) is 0.550. The zero-order valence-corrected chi connectivity index (χ0v) is 21.6. The Labute approximate surface area is 200 Å². The zero-order chi connectivity index (χ0) is 20.7. The van der Waals surface area contributed by atoms with E-state index in [1.807, 2.05) is 13.0 Å². The molecule has 168 valence electrons. The lowest BCUT2D eigenvalue weighted by molar-refractivity contribution is 0.444. The number of guanidine groups is 1. The Balaban J connectivity index is 0.00000320. The minimum Gasteiger partial charge on any atom is -0.358 e. The molecule has 2 aromatic rings. The molecule has 1 aromatic carbocycles. The van der Waals surface area contributed by atoms with Crippen LogP contribution in [0.3, 0.4) is 0 Å². The molecule has 0 spiro atoms. The van der Waals surface area contributed by atoms with E-state index in [0.29, 0.717) is 19.0 Å². The van der Waals surface area contributed by atoms with Crippen LogP contribution in [0.25, 0.3) is 10.9 Å². The lowest BCUT2D eigenvalue weighted by atomic mass is 10.1. The van der Waals surface area contributed by atoms with Gasteiger partial charge in [-0.2, -0.15) is 11.8 Å². The second-order valence-electron chi connectivity index (χ2n) is 7.04. The van der Waals surface area contributed by atoms with Crippen molar-refractivity contribution in [1.29, 1.82) is 0 Å². The first-order valence-corrected chi connectivity index (χ1v) is 12.9. The maximum absolute atomic E-state index is 12.5. The van der Waals surface area contributed by atoms with E-state index < -0.39 is 10.0 Å². The van der Waals surface area contributed by atoms with Crippen molar-refractivity contribution in [1.82, 2.24) is 19.9 Å². The molecule has 3 N–H and O–H groups in total. The summed E-state index contributed by atoms with van der Waals surface area (Å²) in [6.45, 7) is 7.03. The van der Waals surface area contributed by atoms with Gasteiger partial charge in [0.05, 0.1) is 12.3 Å². The molecule has 0 saturated carbocycles. The van der Waals surface area contributed by atoms with Crippen LogP contribution in [0.15, 0.2) is 29.3 Å². The molecule has 30 heavy (non-hydrogen) atoms. The van der Waals surface area contributed by atoms with Gasteiger partial charge in [-0.05, 0) is 31.9 Å². The summed E-state index contributed by atoms with van der Waals surface area (Å²) >= 11 is 1.80. The number of hydrogen-bond donors (Lipinski definition) is 3. The summed E-state index contributed by atoms with van der Waals surface area (Å²) in [5.41, 5.74) is 3.64. The molecule has 3 rings (SSSR count). The summed E-state index contributed by atoms with van der Waals surface area (Å²) < 4.78 is 26.5. The average molecular weight is 566 g/mol. The largest absolute Gasteiger partial charge is 0.358 e. The number of aliphatic imine (C=N–C) groups is 1. The van der Waals surface area contributed by atoms with E-state index in [2.05, 4.69) is 45.7 Å². The first-order valence-electron chi connectivity index (χ1n) is 10.1. The molecule has 0 unspecified atom stereocenters. The Morgan fingerprint density at radius 1 is 1.23 bits per heavy atom. The Morgan fingerprint density at radius 2 is 1.97 bits per heavy atom. The second kappa shape index (κ2) is 12.2. The molecule has 1 saturated heterocycles. The number of rotatable bonds is 8. The maximum atomic E-state index is 12.5. The Kier molecular flexibility index (Phi) is 10.2. The summed E-state index contributed by atoms with van der Waals surface area (Å²) in [6.07, 6.45) is 0.865. The molecule has 0 amide bonds. The van der Waals surface area contributed by atoms with E-state index in [4.69, 9.17) is 0 Å². The lowest BCUT2D eigenvalue weighted by Gasteiger charge is -2.25. The Morgan fingerprint density at radius 3 is 2.70 bits per heavy atom. The highest BCUT2D eigenvalue weighted by atomic mass is 127. The van der Waals surface area contributed by atoms with Gasteiger partial charge in [-0.3, -0.25) is 4.99 Å². The highest BCUT2D eigenvalue weighted by Crippen LogP contribution is 2.21. The first kappa shape index (κ1) is 25.3. The van der Waals surface area contributed by atoms with Crippen molar-refractivity contribution in [2.45, 2.75) is 20.3 Å². The molecule has 10 heteroatoms. The third kappa shape index (κ3) is 6.76. The van der Waals surface area contributed by atoms with E-state index in [-0.39, 0.29) is 36.3 Å². The van der Waals surface area contributed by atoms with Crippen molar-refractivity contribution in [2.75, 3.05) is 50.0 Å². The molecular weight excluding hydrogens is 533 g/mol. The molecule has 1 aliphatic heterocycles. The Hall–Kier alpha value is -0.980. The van der Waals surface area contributed by atoms with Crippen molar-refractivity contribution in [2.24, 2.45) is 4.99 Å². The van der Waals surface area contributed by atoms with Crippen LogP contribution in [0, 0.1) is 6.92 Å². The van der Waals surface area contributed by atoms with Gasteiger partial charge in [0.1, 0.15) is 0 Å². The first-order chi connectivity index (χ1) is 14.0. The number of hydrogen-bond acceptors (Lipinski definition) is 4. The predicted octanol–water partition coefficient (Wildman–Crippen LogP) is 2.57. The number of fused-ring (bicyclic) bond motifs is 1. The van der Waals surface area contributed by atoms with Gasteiger partial charge in [0.25, 0.3) is 0 Å². The molecule has 0 bridgehead atoms. The third-order valence-electron chi connectivity index (χ3n) is 5.02. The number of halogens is 1. The van der Waals surface area contributed by atoms with E-state index in [1.54, 1.807) is 16.1 Å². The summed E-state index contributed by atoms with van der Waals surface area (Å²) in [6, 6.07) is 8.32. The molecular formula is C20H32IN5O2S2. The predicted molar refractivity (Wildman–Crippen MR) is 139 cm³/mol. The van der Waals surface area contributed by atoms with Crippen molar-refractivity contribution < 1.29 is 8.42 Å². The fourth-order valence-electron chi connectivity index (χ4n) is 3.53. The van der Waals surface area contributed by atoms with E-state index in [0.717, 1.165) is 36.5 Å². The number of aromatic amines is 1. The number of aryl methyl sites for hydroxylation is 1. The number of benzene rings is 1. The number of para-hydroxylation sites is 1. The van der Waals surface area contributed by atoms with Crippen LogP contribution >= 0.6 is 35.7 Å². The SMILES string of the molecule is CCNC(=NCCS(=O)(=O)N1CCSCC1)NCCc1c(C)[nH]c2ccccc12.I. The monoisotopic (exact) mass is 565 g/mol. The highest BCUT2D eigenvalue weighted by Gasteiger charge is 2.23. The second-order valence-corrected chi connectivity index (χ2v) is 10.4. The zero-order valence-electron chi connectivity index (χ0n) is 17.6. The lowest BCUT2D eigenvalue weighted by Crippen LogP contribution is -2.41. The fourth-order valence-corrected chi connectivity index (χ4v) is 5.98. The highest BCUT2D eigenvalue weighted by molar-refractivity contribution is 14.0. The summed E-state index contributed by atoms with van der Waals surface area (Å²) in [4.78, 5) is 7.90. The minimum atomic E-state index is -3.23. The summed E-state index contributed by atoms with van der Waals surface area (Å²) in [5, 5.41) is 7.78. The smallest absolute Gasteiger partial charge is 0.215 e. The van der Waals surface area contributed by atoms with Gasteiger partial charge < -0.3 is 15.6 Å². The van der Waals surface area contributed by atoms with E-state index >= 15 is 0 Å². The summed E-state index contributed by atoms with van der Waals surface area (Å²) in [5.74, 6) is 2.46. The maximum Gasteiger partial charge on any atom is 0.215 e. The molecule has 2 heterocycles. The van der Waals surface area contributed by atoms with E-state index in [1.165, 1.54) is 16.6 Å². The van der Waals surface area contributed by atoms with Crippen LogP contribution in [-0.2, 0) is 16.4 Å². The van der Waals surface area contributed by atoms with Gasteiger partial charge in [-0.1, -0.05) is 18.2 Å². The standard InChI is InChI=1S/C20H31N5O2S2.HI/c1-3-21-20(23-10-15-29(26,27)25-11-13-28-14-12-25)22-9-8-17-16(2)24-19-7-5-4-6-18(17)19;/h4-7,24H,3,8-15H2,1-2H3,(H2,21,22,23);1H. The normalized spacial score (nSPS) is 15.7. The number of nitrogens with one attached hydrogen (secondary N) is 3. The van der Waals surface area contributed by atoms with Crippen molar-refractivity contribution in [3.05, 3.63) is 35.5 Å². The topological polar surface area (TPSA) is 89.6 Å². The van der Waals surface area contributed by atoms with Gasteiger partial charge in [-0.25, -0.2) is 12.7 Å². The Bertz CT molecular complexity index is 940. The van der Waals surface area contributed by atoms with Crippen molar-refractivity contribution in [3.63, 3.8) is 0 Å². The van der Waals surface area contributed by atoms with Crippen LogP contribution in [0.4, 0.5) is 0 Å². The van der Waals surface area contributed by atoms with Crippen molar-refractivity contribution >= 4 is 62.6 Å². The van der Waals surface area contributed by atoms with Crippen LogP contribution in [0.5, 0.6) is 0 Å². The van der Waals surface area contributed by atoms with Crippen LogP contribution in [0.1, 0.15) is 18.2 Å². The van der Waals surface area contributed by atoms with Crippen LogP contribution in [0.2, 0.25) is 0 Å². The molecule has 1 fully saturated rings. The van der Waals surface area contributed by atoms with Gasteiger partial charge in [0.2, 0.25) is 10.0 Å². The van der Waals surface area contributed by atoms with E-state index in [9.17, 15) is 8.42 Å². The van der Waals surface area contributed by atoms with Gasteiger partial charge in [0, 0.05) is 54.3 Å². The van der Waals surface area contributed by atoms with Gasteiger partial charge in [-0.15, -0.1) is 24.0 Å². The van der Waals surface area contributed by atoms with Gasteiger partial charge in [0.15, 0.2) is 5.96 Å². The third-order valence-corrected chi connectivity index (χ3v) is 7.81. The van der Waals surface area contributed by atoms with Crippen LogP contribution < -0.4 is 10.6 Å². The average Bonchev–Trinajstić information content (AvgIpc) is 3.04. The number of sulfonamides is 1. The number of thioether (sulfide) groups is 1. The van der Waals surface area contributed by atoms with Crippen LogP contribution in [-0.4, -0.2) is 73.6 Å². The molecule has 0 radical (unpaired) electrons. The molecule has 0 atom stereocenters. The molecule has 1 aliphatic rings.